The fourth-order valence-electron chi connectivity index (χ4n) is 1.55. The Bertz CT molecular complexity index is 329. The second-order valence-electron chi connectivity index (χ2n) is 4.15. The zero-order valence-corrected chi connectivity index (χ0v) is 10.6. The minimum atomic E-state index is 0.693. The van der Waals surface area contributed by atoms with Crippen LogP contribution in [0.2, 0.25) is 0 Å². The Morgan fingerprint density at radius 3 is 2.71 bits per heavy atom. The minimum Gasteiger partial charge on any atom is -0.375 e. The van der Waals surface area contributed by atoms with E-state index in [0.29, 0.717) is 6.61 Å². The van der Waals surface area contributed by atoms with Crippen LogP contribution in [0, 0.1) is 12.3 Å². The molecule has 0 aromatic heterocycles. The molecule has 1 rings (SSSR count). The number of ether oxygens (including phenoxy) is 1. The number of terminal acetylenes is 1. The largest absolute Gasteiger partial charge is 0.375 e. The molecule has 0 spiro atoms. The van der Waals surface area contributed by atoms with Gasteiger partial charge in [-0.2, -0.15) is 0 Å². The van der Waals surface area contributed by atoms with Gasteiger partial charge in [0.1, 0.15) is 0 Å². The van der Waals surface area contributed by atoms with Gasteiger partial charge in [0.15, 0.2) is 0 Å². The third-order valence-electron chi connectivity index (χ3n) is 2.59. The van der Waals surface area contributed by atoms with E-state index in [4.69, 9.17) is 11.2 Å². The van der Waals surface area contributed by atoms with Crippen LogP contribution >= 0.6 is 0 Å². The summed E-state index contributed by atoms with van der Waals surface area (Å²) in [7, 11) is 2.10. The van der Waals surface area contributed by atoms with Gasteiger partial charge in [0.25, 0.3) is 0 Å². The molecule has 1 aromatic carbocycles. The Kier molecular flexibility index (Phi) is 7.13. The predicted octanol–water partition coefficient (Wildman–Crippen LogP) is 2.55. The Balaban J connectivity index is 2.02. The van der Waals surface area contributed by atoms with Gasteiger partial charge in [-0.05, 0) is 25.6 Å². The van der Waals surface area contributed by atoms with Gasteiger partial charge in [-0.3, -0.25) is 0 Å². The van der Waals surface area contributed by atoms with Gasteiger partial charge in [0.2, 0.25) is 0 Å². The molecule has 2 nitrogen and oxygen atoms in total. The molecule has 0 unspecified atom stereocenters. The molecule has 0 saturated carbocycles. The summed E-state index contributed by atoms with van der Waals surface area (Å²) in [5.41, 5.74) is 1.22. The first-order chi connectivity index (χ1) is 8.33. The molecule has 0 atom stereocenters. The van der Waals surface area contributed by atoms with Crippen molar-refractivity contribution in [2.75, 3.05) is 26.7 Å². The van der Waals surface area contributed by atoms with Crippen LogP contribution in [0.4, 0.5) is 0 Å². The number of hydrogen-bond donors (Lipinski definition) is 0. The van der Waals surface area contributed by atoms with Gasteiger partial charge in [-0.15, -0.1) is 12.3 Å². The van der Waals surface area contributed by atoms with Crippen LogP contribution in [0.1, 0.15) is 18.4 Å². The third kappa shape index (κ3) is 6.78. The first-order valence-electron chi connectivity index (χ1n) is 6.06. The highest BCUT2D eigenvalue weighted by molar-refractivity contribution is 5.13. The molecule has 2 heteroatoms. The van der Waals surface area contributed by atoms with E-state index in [1.807, 2.05) is 18.2 Å². The van der Waals surface area contributed by atoms with Gasteiger partial charge in [0.05, 0.1) is 13.2 Å². The molecule has 0 N–H and O–H groups in total. The summed E-state index contributed by atoms with van der Waals surface area (Å²) in [5, 5.41) is 0. The molecule has 0 radical (unpaired) electrons. The highest BCUT2D eigenvalue weighted by Crippen LogP contribution is 2.00. The summed E-state index contributed by atoms with van der Waals surface area (Å²) in [6.45, 7) is 3.46. The average Bonchev–Trinajstić information content (AvgIpc) is 2.36. The number of hydrogen-bond acceptors (Lipinski definition) is 2. The number of nitrogens with zero attached hydrogens (tertiary/aromatic N) is 1. The fourth-order valence-corrected chi connectivity index (χ4v) is 1.55. The highest BCUT2D eigenvalue weighted by atomic mass is 16.5. The van der Waals surface area contributed by atoms with E-state index in [2.05, 4.69) is 30.0 Å². The van der Waals surface area contributed by atoms with Crippen molar-refractivity contribution in [3.8, 4) is 12.3 Å². The van der Waals surface area contributed by atoms with Gasteiger partial charge in [-0.1, -0.05) is 30.3 Å². The number of benzene rings is 1. The topological polar surface area (TPSA) is 12.5 Å². The maximum atomic E-state index is 5.61. The molecule has 0 aliphatic carbocycles. The summed E-state index contributed by atoms with van der Waals surface area (Å²) in [6, 6.07) is 10.2. The van der Waals surface area contributed by atoms with Crippen molar-refractivity contribution < 1.29 is 4.74 Å². The molecule has 0 aliphatic rings. The van der Waals surface area contributed by atoms with E-state index in [1.54, 1.807) is 0 Å². The van der Waals surface area contributed by atoms with E-state index >= 15 is 0 Å². The predicted molar refractivity (Wildman–Crippen MR) is 71.7 cm³/mol. The molecule has 92 valence electrons. The summed E-state index contributed by atoms with van der Waals surface area (Å²) < 4.78 is 5.61. The molecule has 0 bridgehead atoms. The molecule has 0 fully saturated rings. The molecular weight excluding hydrogens is 210 g/mol. The van der Waals surface area contributed by atoms with Crippen LogP contribution in [0.3, 0.4) is 0 Å². The lowest BCUT2D eigenvalue weighted by Gasteiger charge is -2.15. The minimum absolute atomic E-state index is 0.693. The number of unbranched alkanes of at least 4 members (excludes halogenated alkanes) is 1. The zero-order valence-electron chi connectivity index (χ0n) is 10.6. The summed E-state index contributed by atoms with van der Waals surface area (Å²) in [4.78, 5) is 2.25. The van der Waals surface area contributed by atoms with E-state index in [0.717, 1.165) is 32.5 Å². The number of rotatable bonds is 8. The first-order valence-corrected chi connectivity index (χ1v) is 6.06. The van der Waals surface area contributed by atoms with E-state index in [-0.39, 0.29) is 0 Å². The van der Waals surface area contributed by atoms with Gasteiger partial charge < -0.3 is 9.64 Å². The maximum absolute atomic E-state index is 5.61. The van der Waals surface area contributed by atoms with Crippen LogP contribution in [0.25, 0.3) is 0 Å². The highest BCUT2D eigenvalue weighted by Gasteiger charge is 1.97. The summed E-state index contributed by atoms with van der Waals surface area (Å²) >= 11 is 0. The average molecular weight is 231 g/mol. The number of likely N-dealkylation sites (N-methyl/N-ethyl adjacent to an activating group) is 1. The lowest BCUT2D eigenvalue weighted by molar-refractivity contribution is 0.0994. The lowest BCUT2D eigenvalue weighted by atomic mass is 10.2. The Hall–Kier alpha value is -1.30. The lowest BCUT2D eigenvalue weighted by Crippen LogP contribution is -2.24. The smallest absolute Gasteiger partial charge is 0.0717 e. The molecule has 0 saturated heterocycles. The standard InChI is InChI=1S/C15H21NO/c1-3-4-8-11-16(2)12-13-17-14-15-9-6-5-7-10-15/h1,5-7,9-10H,4,8,11-14H2,2H3. The molecule has 0 amide bonds. The Morgan fingerprint density at radius 1 is 1.24 bits per heavy atom. The molecule has 17 heavy (non-hydrogen) atoms. The van der Waals surface area contributed by atoms with Gasteiger partial charge in [-0.25, -0.2) is 0 Å². The first kappa shape index (κ1) is 13.8. The van der Waals surface area contributed by atoms with Crippen molar-refractivity contribution in [1.29, 1.82) is 0 Å². The quantitative estimate of drug-likeness (QED) is 0.503. The molecular formula is C15H21NO. The second-order valence-corrected chi connectivity index (χ2v) is 4.15. The maximum Gasteiger partial charge on any atom is 0.0717 e. The van der Waals surface area contributed by atoms with Crippen LogP contribution in [0.5, 0.6) is 0 Å². The van der Waals surface area contributed by atoms with Crippen molar-refractivity contribution in [2.24, 2.45) is 0 Å². The van der Waals surface area contributed by atoms with Crippen molar-refractivity contribution in [2.45, 2.75) is 19.4 Å². The van der Waals surface area contributed by atoms with Crippen molar-refractivity contribution in [1.82, 2.24) is 4.90 Å². The molecule has 0 heterocycles. The zero-order chi connectivity index (χ0) is 12.3. The van der Waals surface area contributed by atoms with Crippen LogP contribution in [-0.2, 0) is 11.3 Å². The monoisotopic (exact) mass is 231 g/mol. The summed E-state index contributed by atoms with van der Waals surface area (Å²) in [6.07, 6.45) is 7.13. The van der Waals surface area contributed by atoms with E-state index in [9.17, 15) is 0 Å². The van der Waals surface area contributed by atoms with E-state index in [1.165, 1.54) is 5.56 Å². The Morgan fingerprint density at radius 2 is 2.00 bits per heavy atom. The normalized spacial score (nSPS) is 10.4. The second kappa shape index (κ2) is 8.81. The molecule has 0 aliphatic heterocycles. The van der Waals surface area contributed by atoms with Gasteiger partial charge in [0, 0.05) is 13.0 Å². The third-order valence-corrected chi connectivity index (χ3v) is 2.59. The van der Waals surface area contributed by atoms with Crippen LogP contribution in [0.15, 0.2) is 30.3 Å². The van der Waals surface area contributed by atoms with Crippen molar-refractivity contribution in [3.63, 3.8) is 0 Å². The van der Waals surface area contributed by atoms with Crippen LogP contribution < -0.4 is 0 Å². The summed E-state index contributed by atoms with van der Waals surface area (Å²) in [5.74, 6) is 2.65. The molecule has 1 aromatic rings. The fraction of sp³-hybridized carbons (Fsp3) is 0.467. The van der Waals surface area contributed by atoms with Crippen molar-refractivity contribution >= 4 is 0 Å². The van der Waals surface area contributed by atoms with Gasteiger partial charge >= 0.3 is 0 Å². The van der Waals surface area contributed by atoms with Crippen molar-refractivity contribution in [3.05, 3.63) is 35.9 Å². The van der Waals surface area contributed by atoms with Crippen LogP contribution in [-0.4, -0.2) is 31.6 Å². The Labute approximate surface area is 105 Å². The van der Waals surface area contributed by atoms with E-state index < -0.39 is 0 Å². The SMILES string of the molecule is C#CCCCN(C)CCOCc1ccccc1.